The summed E-state index contributed by atoms with van der Waals surface area (Å²) in [4.78, 5) is 4.78. The second kappa shape index (κ2) is 6.06. The zero-order valence-corrected chi connectivity index (χ0v) is 13.5. The van der Waals surface area contributed by atoms with Crippen LogP contribution in [0.2, 0.25) is 5.02 Å². The van der Waals surface area contributed by atoms with Gasteiger partial charge in [-0.25, -0.2) is 9.37 Å². The predicted molar refractivity (Wildman–Crippen MR) is 97.6 cm³/mol. The molecule has 0 saturated carbocycles. The van der Waals surface area contributed by atoms with Crippen molar-refractivity contribution < 1.29 is 4.39 Å². The molecule has 1 nitrogen and oxygen atoms in total. The Balaban J connectivity index is 2.04. The minimum Gasteiger partial charge on any atom is -0.247 e. The molecule has 4 rings (SSSR count). The second-order valence-corrected chi connectivity index (χ2v) is 6.00. The standard InChI is InChI=1S/C21H13ClFN/c22-16-11-9-14(10-12-16)21-18(17-6-2-3-7-19(17)23)13-15-5-1-4-8-20(15)24-21/h1-13H. The first-order chi connectivity index (χ1) is 11.7. The Bertz CT molecular complexity index is 1030. The fourth-order valence-electron chi connectivity index (χ4n) is 2.83. The fourth-order valence-corrected chi connectivity index (χ4v) is 2.95. The number of aromatic nitrogens is 1. The van der Waals surface area contributed by atoms with Crippen molar-refractivity contribution in [3.8, 4) is 22.4 Å². The summed E-state index contributed by atoms with van der Waals surface area (Å²) in [6.45, 7) is 0. The van der Waals surface area contributed by atoms with E-state index in [1.807, 2.05) is 60.7 Å². The molecule has 0 aliphatic rings. The summed E-state index contributed by atoms with van der Waals surface area (Å²) in [6.07, 6.45) is 0. The molecule has 1 aromatic heterocycles. The van der Waals surface area contributed by atoms with Gasteiger partial charge >= 0.3 is 0 Å². The van der Waals surface area contributed by atoms with Gasteiger partial charge in [0.1, 0.15) is 5.82 Å². The van der Waals surface area contributed by atoms with Gasteiger partial charge in [-0.1, -0.05) is 60.1 Å². The average Bonchev–Trinajstić information content (AvgIpc) is 2.62. The van der Waals surface area contributed by atoms with Gasteiger partial charge in [-0.05, 0) is 30.3 Å². The highest BCUT2D eigenvalue weighted by molar-refractivity contribution is 6.30. The summed E-state index contributed by atoms with van der Waals surface area (Å²) in [5, 5.41) is 1.64. The van der Waals surface area contributed by atoms with Gasteiger partial charge in [0.15, 0.2) is 0 Å². The van der Waals surface area contributed by atoms with E-state index in [9.17, 15) is 4.39 Å². The molecule has 116 valence electrons. The smallest absolute Gasteiger partial charge is 0.131 e. The lowest BCUT2D eigenvalue weighted by Gasteiger charge is -2.12. The molecule has 0 N–H and O–H groups in total. The maximum Gasteiger partial charge on any atom is 0.131 e. The van der Waals surface area contributed by atoms with Gasteiger partial charge < -0.3 is 0 Å². The first-order valence-corrected chi connectivity index (χ1v) is 8.01. The summed E-state index contributed by atoms with van der Waals surface area (Å²) < 4.78 is 14.4. The van der Waals surface area contributed by atoms with Crippen molar-refractivity contribution >= 4 is 22.5 Å². The Morgan fingerprint density at radius 1 is 0.750 bits per heavy atom. The lowest BCUT2D eigenvalue weighted by atomic mass is 9.97. The summed E-state index contributed by atoms with van der Waals surface area (Å²) >= 11 is 6.00. The number of pyridine rings is 1. The van der Waals surface area contributed by atoms with Gasteiger partial charge in [-0.2, -0.15) is 0 Å². The zero-order chi connectivity index (χ0) is 16.5. The van der Waals surface area contributed by atoms with Crippen LogP contribution in [-0.4, -0.2) is 4.98 Å². The number of hydrogen-bond donors (Lipinski definition) is 0. The Morgan fingerprint density at radius 2 is 1.46 bits per heavy atom. The molecule has 3 aromatic carbocycles. The lowest BCUT2D eigenvalue weighted by Crippen LogP contribution is -1.93. The van der Waals surface area contributed by atoms with Crippen LogP contribution in [0.15, 0.2) is 78.9 Å². The molecule has 4 aromatic rings. The number of hydrogen-bond acceptors (Lipinski definition) is 1. The number of benzene rings is 3. The molecule has 0 spiro atoms. The van der Waals surface area contributed by atoms with Crippen LogP contribution in [0.1, 0.15) is 0 Å². The third-order valence-corrected chi connectivity index (χ3v) is 4.26. The molecule has 0 radical (unpaired) electrons. The van der Waals surface area contributed by atoms with Crippen molar-refractivity contribution in [2.45, 2.75) is 0 Å². The van der Waals surface area contributed by atoms with E-state index in [1.54, 1.807) is 12.1 Å². The van der Waals surface area contributed by atoms with Crippen LogP contribution in [-0.2, 0) is 0 Å². The van der Waals surface area contributed by atoms with E-state index in [-0.39, 0.29) is 5.82 Å². The highest BCUT2D eigenvalue weighted by atomic mass is 35.5. The maximum atomic E-state index is 14.4. The third kappa shape index (κ3) is 2.66. The Labute approximate surface area is 144 Å². The molecule has 0 unspecified atom stereocenters. The molecule has 0 fully saturated rings. The predicted octanol–water partition coefficient (Wildman–Crippen LogP) is 6.36. The van der Waals surface area contributed by atoms with Crippen LogP contribution in [0.25, 0.3) is 33.3 Å². The Kier molecular flexibility index (Phi) is 3.75. The largest absolute Gasteiger partial charge is 0.247 e. The molecular weight excluding hydrogens is 321 g/mol. The van der Waals surface area contributed by atoms with Crippen LogP contribution in [0.3, 0.4) is 0 Å². The van der Waals surface area contributed by atoms with Gasteiger partial charge in [0, 0.05) is 27.1 Å². The fraction of sp³-hybridized carbons (Fsp3) is 0. The highest BCUT2D eigenvalue weighted by Gasteiger charge is 2.14. The van der Waals surface area contributed by atoms with E-state index in [2.05, 4.69) is 0 Å². The summed E-state index contributed by atoms with van der Waals surface area (Å²) in [7, 11) is 0. The van der Waals surface area contributed by atoms with E-state index in [0.717, 1.165) is 27.7 Å². The van der Waals surface area contributed by atoms with Crippen LogP contribution in [0, 0.1) is 5.82 Å². The second-order valence-electron chi connectivity index (χ2n) is 5.56. The van der Waals surface area contributed by atoms with Crippen LogP contribution in [0.4, 0.5) is 4.39 Å². The van der Waals surface area contributed by atoms with Crippen molar-refractivity contribution in [1.29, 1.82) is 0 Å². The normalized spacial score (nSPS) is 10.9. The summed E-state index contributed by atoms with van der Waals surface area (Å²) in [6, 6.07) is 24.1. The SMILES string of the molecule is Fc1ccccc1-c1cc2ccccc2nc1-c1ccc(Cl)cc1. The van der Waals surface area contributed by atoms with Gasteiger partial charge in [-0.15, -0.1) is 0 Å². The molecule has 3 heteroatoms. The van der Waals surface area contributed by atoms with Crippen LogP contribution < -0.4 is 0 Å². The molecule has 0 saturated heterocycles. The molecule has 24 heavy (non-hydrogen) atoms. The van der Waals surface area contributed by atoms with Crippen LogP contribution >= 0.6 is 11.6 Å². The van der Waals surface area contributed by atoms with Crippen LogP contribution in [0.5, 0.6) is 0 Å². The van der Waals surface area contributed by atoms with Gasteiger partial charge in [-0.3, -0.25) is 0 Å². The molecule has 0 aliphatic carbocycles. The van der Waals surface area contributed by atoms with Crippen molar-refractivity contribution in [1.82, 2.24) is 4.98 Å². The molecule has 0 aliphatic heterocycles. The van der Waals surface area contributed by atoms with E-state index in [1.165, 1.54) is 6.07 Å². The number of halogens is 2. The molecular formula is C21H13ClFN. The first-order valence-electron chi connectivity index (χ1n) is 7.63. The van der Waals surface area contributed by atoms with E-state index >= 15 is 0 Å². The minimum absolute atomic E-state index is 0.259. The Hall–Kier alpha value is -2.71. The number of nitrogens with zero attached hydrogens (tertiary/aromatic N) is 1. The van der Waals surface area contributed by atoms with Crippen molar-refractivity contribution in [3.05, 3.63) is 89.7 Å². The maximum absolute atomic E-state index is 14.4. The summed E-state index contributed by atoms with van der Waals surface area (Å²) in [5.74, 6) is -0.259. The van der Waals surface area contributed by atoms with Crippen molar-refractivity contribution in [2.24, 2.45) is 0 Å². The van der Waals surface area contributed by atoms with E-state index in [4.69, 9.17) is 16.6 Å². The topological polar surface area (TPSA) is 12.9 Å². The minimum atomic E-state index is -0.259. The molecule has 0 amide bonds. The van der Waals surface area contributed by atoms with E-state index < -0.39 is 0 Å². The molecule has 0 atom stereocenters. The Morgan fingerprint density at radius 3 is 2.25 bits per heavy atom. The number of fused-ring (bicyclic) bond motifs is 1. The van der Waals surface area contributed by atoms with E-state index in [0.29, 0.717) is 10.6 Å². The quantitative estimate of drug-likeness (QED) is 0.416. The van der Waals surface area contributed by atoms with Gasteiger partial charge in [0.2, 0.25) is 0 Å². The lowest BCUT2D eigenvalue weighted by molar-refractivity contribution is 0.631. The number of para-hydroxylation sites is 1. The molecule has 1 heterocycles. The summed E-state index contributed by atoms with van der Waals surface area (Å²) in [5.41, 5.74) is 3.84. The molecule has 0 bridgehead atoms. The first kappa shape index (κ1) is 14.9. The van der Waals surface area contributed by atoms with Gasteiger partial charge in [0.25, 0.3) is 0 Å². The average molecular weight is 334 g/mol. The number of rotatable bonds is 2. The van der Waals surface area contributed by atoms with Crippen molar-refractivity contribution in [3.63, 3.8) is 0 Å². The zero-order valence-electron chi connectivity index (χ0n) is 12.7. The monoisotopic (exact) mass is 333 g/mol. The highest BCUT2D eigenvalue weighted by Crippen LogP contribution is 2.35. The van der Waals surface area contributed by atoms with Crippen molar-refractivity contribution in [2.75, 3.05) is 0 Å². The third-order valence-electron chi connectivity index (χ3n) is 4.01. The van der Waals surface area contributed by atoms with Gasteiger partial charge in [0.05, 0.1) is 11.2 Å².